The number of rotatable bonds is 1. The summed E-state index contributed by atoms with van der Waals surface area (Å²) in [6, 6.07) is 0. The number of H-pyrrole nitrogens is 1. The second-order valence-electron chi connectivity index (χ2n) is 3.80. The lowest BCUT2D eigenvalue weighted by molar-refractivity contribution is 0.726. The normalized spacial score (nSPS) is 17.5. The van der Waals surface area contributed by atoms with Gasteiger partial charge in [0, 0.05) is 13.1 Å². The topological polar surface area (TPSA) is 49.0 Å². The van der Waals surface area contributed by atoms with Gasteiger partial charge in [-0.2, -0.15) is 5.10 Å². The molecule has 1 saturated heterocycles. The largest absolute Gasteiger partial charge is 0.366 e. The summed E-state index contributed by atoms with van der Waals surface area (Å²) in [5, 5.41) is 6.54. The number of aromatic amines is 1. The first-order chi connectivity index (χ1) is 7.29. The number of nitrogens with zero attached hydrogens (tertiary/aromatic N) is 2. The van der Waals surface area contributed by atoms with E-state index in [9.17, 15) is 4.79 Å². The van der Waals surface area contributed by atoms with E-state index in [4.69, 9.17) is 11.6 Å². The van der Waals surface area contributed by atoms with Crippen molar-refractivity contribution in [2.24, 2.45) is 0 Å². The van der Waals surface area contributed by atoms with Crippen molar-refractivity contribution in [2.75, 3.05) is 18.0 Å². The minimum Gasteiger partial charge on any atom is -0.366 e. The van der Waals surface area contributed by atoms with Crippen molar-refractivity contribution in [3.63, 3.8) is 0 Å². The summed E-state index contributed by atoms with van der Waals surface area (Å²) < 4.78 is 0. The predicted molar refractivity (Wildman–Crippen MR) is 60.5 cm³/mol. The molecular weight excluding hydrogens is 214 g/mol. The first-order valence-electron chi connectivity index (χ1n) is 5.27. The van der Waals surface area contributed by atoms with Gasteiger partial charge in [-0.05, 0) is 12.8 Å². The molecule has 1 aliphatic rings. The van der Waals surface area contributed by atoms with E-state index in [1.807, 2.05) is 0 Å². The van der Waals surface area contributed by atoms with Gasteiger partial charge in [0.2, 0.25) is 0 Å². The van der Waals surface area contributed by atoms with Crippen LogP contribution in [0.3, 0.4) is 0 Å². The van der Waals surface area contributed by atoms with Crippen molar-refractivity contribution in [2.45, 2.75) is 25.7 Å². The molecule has 0 radical (unpaired) electrons. The quantitative estimate of drug-likeness (QED) is 0.796. The molecule has 0 aliphatic carbocycles. The zero-order valence-corrected chi connectivity index (χ0v) is 9.26. The van der Waals surface area contributed by atoms with Gasteiger partial charge in [0.1, 0.15) is 5.69 Å². The van der Waals surface area contributed by atoms with Crippen LogP contribution in [0.5, 0.6) is 0 Å². The van der Waals surface area contributed by atoms with Crippen LogP contribution in [0.2, 0.25) is 5.02 Å². The Morgan fingerprint density at radius 1 is 1.27 bits per heavy atom. The molecule has 2 heterocycles. The Morgan fingerprint density at radius 2 is 1.93 bits per heavy atom. The Hall–Kier alpha value is -1.03. The highest BCUT2D eigenvalue weighted by atomic mass is 35.5. The molecule has 82 valence electrons. The smallest absolute Gasteiger partial charge is 0.289 e. The van der Waals surface area contributed by atoms with Gasteiger partial charge in [-0.25, -0.2) is 5.10 Å². The first-order valence-corrected chi connectivity index (χ1v) is 5.65. The molecule has 1 aromatic heterocycles. The molecule has 0 spiro atoms. The predicted octanol–water partition coefficient (Wildman–Crippen LogP) is 1.80. The van der Waals surface area contributed by atoms with Gasteiger partial charge in [0.25, 0.3) is 5.56 Å². The van der Waals surface area contributed by atoms with Crippen LogP contribution in [0.4, 0.5) is 5.69 Å². The summed E-state index contributed by atoms with van der Waals surface area (Å²) in [6.45, 7) is 1.82. The highest BCUT2D eigenvalue weighted by Gasteiger charge is 2.16. The molecule has 4 nitrogen and oxygen atoms in total. The van der Waals surface area contributed by atoms with Crippen molar-refractivity contribution in [3.05, 3.63) is 21.6 Å². The summed E-state index contributed by atoms with van der Waals surface area (Å²) in [4.78, 5) is 13.7. The summed E-state index contributed by atoms with van der Waals surface area (Å²) >= 11 is 5.99. The molecule has 1 N–H and O–H groups in total. The molecule has 2 rings (SSSR count). The molecule has 15 heavy (non-hydrogen) atoms. The van der Waals surface area contributed by atoms with Crippen molar-refractivity contribution < 1.29 is 0 Å². The average Bonchev–Trinajstić information content (AvgIpc) is 2.46. The number of hydrogen-bond acceptors (Lipinski definition) is 3. The molecule has 1 aliphatic heterocycles. The average molecular weight is 228 g/mol. The van der Waals surface area contributed by atoms with E-state index in [1.54, 1.807) is 0 Å². The Labute approximate surface area is 93.2 Å². The lowest BCUT2D eigenvalue weighted by Crippen LogP contribution is -2.30. The fourth-order valence-electron chi connectivity index (χ4n) is 1.96. The van der Waals surface area contributed by atoms with Crippen molar-refractivity contribution in [1.82, 2.24) is 10.2 Å². The van der Waals surface area contributed by atoms with Crippen LogP contribution in [0.1, 0.15) is 25.7 Å². The first kappa shape index (κ1) is 10.5. The third-order valence-electron chi connectivity index (χ3n) is 2.71. The molecule has 0 amide bonds. The number of nitrogens with one attached hydrogen (secondary N) is 1. The molecule has 1 fully saturated rings. The van der Waals surface area contributed by atoms with Gasteiger partial charge in [-0.15, -0.1) is 0 Å². The second-order valence-corrected chi connectivity index (χ2v) is 4.20. The van der Waals surface area contributed by atoms with E-state index in [0.29, 0.717) is 10.7 Å². The molecule has 0 atom stereocenters. The fraction of sp³-hybridized carbons (Fsp3) is 0.600. The van der Waals surface area contributed by atoms with Crippen LogP contribution in [-0.2, 0) is 0 Å². The molecule has 0 aromatic carbocycles. The molecular formula is C10H14ClN3O. The minimum atomic E-state index is -0.190. The number of aromatic nitrogens is 2. The third kappa shape index (κ3) is 2.31. The molecule has 0 unspecified atom stereocenters. The van der Waals surface area contributed by atoms with Crippen LogP contribution in [0.25, 0.3) is 0 Å². The van der Waals surface area contributed by atoms with Crippen LogP contribution >= 0.6 is 11.6 Å². The van der Waals surface area contributed by atoms with E-state index >= 15 is 0 Å². The standard InChI is InChI=1S/C10H14ClN3O/c11-8-7-12-13-10(15)9(8)14-5-3-1-2-4-6-14/h7H,1-6H2,(H,13,15). The van der Waals surface area contributed by atoms with Gasteiger partial charge < -0.3 is 4.90 Å². The van der Waals surface area contributed by atoms with E-state index in [1.165, 1.54) is 19.0 Å². The summed E-state index contributed by atoms with van der Waals surface area (Å²) in [7, 11) is 0. The SMILES string of the molecule is O=c1[nH]ncc(Cl)c1N1CCCCCC1. The zero-order chi connectivity index (χ0) is 10.7. The maximum Gasteiger partial charge on any atom is 0.289 e. The fourth-order valence-corrected chi connectivity index (χ4v) is 2.21. The summed E-state index contributed by atoms with van der Waals surface area (Å²) in [5.41, 5.74) is 0.387. The Balaban J connectivity index is 2.30. The van der Waals surface area contributed by atoms with Gasteiger partial charge >= 0.3 is 0 Å². The molecule has 5 heteroatoms. The van der Waals surface area contributed by atoms with Crippen molar-refractivity contribution in [3.8, 4) is 0 Å². The monoisotopic (exact) mass is 227 g/mol. The zero-order valence-electron chi connectivity index (χ0n) is 8.50. The molecule has 0 saturated carbocycles. The van der Waals surface area contributed by atoms with Crippen LogP contribution in [-0.4, -0.2) is 23.3 Å². The van der Waals surface area contributed by atoms with Gasteiger partial charge in [0.15, 0.2) is 0 Å². The van der Waals surface area contributed by atoms with Crippen molar-refractivity contribution in [1.29, 1.82) is 0 Å². The highest BCUT2D eigenvalue weighted by molar-refractivity contribution is 6.33. The Bertz CT molecular complexity index is 382. The minimum absolute atomic E-state index is 0.190. The molecule has 0 bridgehead atoms. The van der Waals surface area contributed by atoms with Gasteiger partial charge in [-0.1, -0.05) is 24.4 Å². The summed E-state index contributed by atoms with van der Waals surface area (Å²) in [6.07, 6.45) is 6.20. The van der Waals surface area contributed by atoms with Gasteiger partial charge in [-0.3, -0.25) is 4.79 Å². The van der Waals surface area contributed by atoms with Gasteiger partial charge in [0.05, 0.1) is 11.2 Å². The highest BCUT2D eigenvalue weighted by Crippen LogP contribution is 2.22. The Morgan fingerprint density at radius 3 is 2.53 bits per heavy atom. The number of hydrogen-bond donors (Lipinski definition) is 1. The lowest BCUT2D eigenvalue weighted by Gasteiger charge is -2.21. The van der Waals surface area contributed by atoms with Crippen LogP contribution in [0, 0.1) is 0 Å². The summed E-state index contributed by atoms with van der Waals surface area (Å²) in [5.74, 6) is 0. The number of halogens is 1. The van der Waals surface area contributed by atoms with Crippen molar-refractivity contribution >= 4 is 17.3 Å². The maximum atomic E-state index is 11.6. The second kappa shape index (κ2) is 4.66. The van der Waals surface area contributed by atoms with E-state index in [0.717, 1.165) is 25.9 Å². The lowest BCUT2D eigenvalue weighted by atomic mass is 10.2. The van der Waals surface area contributed by atoms with E-state index < -0.39 is 0 Å². The van der Waals surface area contributed by atoms with Crippen LogP contribution < -0.4 is 10.5 Å². The Kier molecular flexibility index (Phi) is 3.26. The maximum absolute atomic E-state index is 11.6. The van der Waals surface area contributed by atoms with E-state index in [2.05, 4.69) is 15.1 Å². The number of anilines is 1. The van der Waals surface area contributed by atoms with Crippen LogP contribution in [0.15, 0.2) is 11.0 Å². The third-order valence-corrected chi connectivity index (χ3v) is 2.98. The molecule has 1 aromatic rings. The van der Waals surface area contributed by atoms with E-state index in [-0.39, 0.29) is 5.56 Å².